The van der Waals surface area contributed by atoms with Gasteiger partial charge in [-0.2, -0.15) is 0 Å². The Kier molecular flexibility index (Phi) is 1.85. The van der Waals surface area contributed by atoms with Crippen LogP contribution < -0.4 is 0 Å². The molecule has 0 saturated heterocycles. The fourth-order valence-corrected chi connectivity index (χ4v) is 1.68. The molecule has 0 radical (unpaired) electrons. The summed E-state index contributed by atoms with van der Waals surface area (Å²) in [6.07, 6.45) is 1.81. The van der Waals surface area contributed by atoms with E-state index in [4.69, 9.17) is 0 Å². The minimum Gasteiger partial charge on any atom is -0.256 e. The zero-order valence-electron chi connectivity index (χ0n) is 6.71. The third-order valence-corrected chi connectivity index (χ3v) is 2.54. The Morgan fingerprint density at radius 2 is 2.08 bits per heavy atom. The summed E-state index contributed by atoms with van der Waals surface area (Å²) < 4.78 is 1.10. The van der Waals surface area contributed by atoms with Gasteiger partial charge in [0, 0.05) is 16.1 Å². The van der Waals surface area contributed by atoms with E-state index in [1.54, 1.807) is 0 Å². The third-order valence-electron chi connectivity index (χ3n) is 1.85. The van der Waals surface area contributed by atoms with E-state index in [2.05, 4.69) is 46.0 Å². The molecule has 0 amide bonds. The van der Waals surface area contributed by atoms with Crippen molar-refractivity contribution in [3.05, 3.63) is 40.5 Å². The van der Waals surface area contributed by atoms with Gasteiger partial charge >= 0.3 is 0 Å². The van der Waals surface area contributed by atoms with E-state index < -0.39 is 0 Å². The van der Waals surface area contributed by atoms with Crippen molar-refractivity contribution in [3.8, 4) is 0 Å². The predicted molar refractivity (Wildman–Crippen MR) is 54.2 cm³/mol. The SMILES string of the molecule is Cc1ccc2c(Br)ccnc2c1. The number of hydrogen-bond acceptors (Lipinski definition) is 1. The first kappa shape index (κ1) is 7.74. The Morgan fingerprint density at radius 1 is 1.25 bits per heavy atom. The lowest BCUT2D eigenvalue weighted by molar-refractivity contribution is 1.38. The first-order valence-corrected chi connectivity index (χ1v) is 4.57. The molecule has 0 unspecified atom stereocenters. The standard InChI is InChI=1S/C10H8BrN/c1-7-2-3-8-9(11)4-5-12-10(8)6-7/h2-6H,1H3. The van der Waals surface area contributed by atoms with Crippen molar-refractivity contribution in [2.45, 2.75) is 6.92 Å². The maximum Gasteiger partial charge on any atom is 0.0715 e. The molecule has 0 saturated carbocycles. The van der Waals surface area contributed by atoms with Crippen LogP contribution >= 0.6 is 15.9 Å². The fraction of sp³-hybridized carbons (Fsp3) is 0.100. The lowest BCUT2D eigenvalue weighted by atomic mass is 10.1. The first-order valence-electron chi connectivity index (χ1n) is 3.78. The molecule has 1 aromatic carbocycles. The van der Waals surface area contributed by atoms with Gasteiger partial charge in [0.25, 0.3) is 0 Å². The Bertz CT molecular complexity index is 423. The van der Waals surface area contributed by atoms with Crippen LogP contribution in [0.15, 0.2) is 34.9 Å². The van der Waals surface area contributed by atoms with Crippen LogP contribution in [-0.2, 0) is 0 Å². The summed E-state index contributed by atoms with van der Waals surface area (Å²) in [4.78, 5) is 4.27. The zero-order chi connectivity index (χ0) is 8.55. The van der Waals surface area contributed by atoms with Crippen LogP contribution in [0, 0.1) is 6.92 Å². The van der Waals surface area contributed by atoms with Crippen molar-refractivity contribution in [2.24, 2.45) is 0 Å². The quantitative estimate of drug-likeness (QED) is 0.666. The van der Waals surface area contributed by atoms with Crippen molar-refractivity contribution in [3.63, 3.8) is 0 Å². The van der Waals surface area contributed by atoms with E-state index in [1.807, 2.05) is 12.3 Å². The van der Waals surface area contributed by atoms with Gasteiger partial charge in [0.2, 0.25) is 0 Å². The van der Waals surface area contributed by atoms with Crippen LogP contribution in [0.25, 0.3) is 10.9 Å². The smallest absolute Gasteiger partial charge is 0.0715 e. The third kappa shape index (κ3) is 1.23. The van der Waals surface area contributed by atoms with Crippen LogP contribution in [0.2, 0.25) is 0 Å². The fourth-order valence-electron chi connectivity index (χ4n) is 1.22. The van der Waals surface area contributed by atoms with Gasteiger partial charge < -0.3 is 0 Å². The highest BCUT2D eigenvalue weighted by Crippen LogP contribution is 2.22. The second kappa shape index (κ2) is 2.87. The summed E-state index contributed by atoms with van der Waals surface area (Å²) >= 11 is 3.48. The average molecular weight is 222 g/mol. The molecule has 0 aliphatic rings. The second-order valence-electron chi connectivity index (χ2n) is 2.81. The van der Waals surface area contributed by atoms with Gasteiger partial charge in [-0.3, -0.25) is 4.98 Å². The van der Waals surface area contributed by atoms with Crippen molar-refractivity contribution in [1.82, 2.24) is 4.98 Å². The molecule has 2 aromatic rings. The van der Waals surface area contributed by atoms with Crippen molar-refractivity contribution >= 4 is 26.8 Å². The molecule has 1 heterocycles. The summed E-state index contributed by atoms with van der Waals surface area (Å²) in [5.41, 5.74) is 2.29. The van der Waals surface area contributed by atoms with E-state index in [0.29, 0.717) is 0 Å². The molecule has 0 atom stereocenters. The minimum absolute atomic E-state index is 1.05. The number of aromatic nitrogens is 1. The van der Waals surface area contributed by atoms with Gasteiger partial charge in [-0.05, 0) is 24.6 Å². The molecule has 0 fully saturated rings. The minimum atomic E-state index is 1.05. The molecule has 2 rings (SSSR count). The van der Waals surface area contributed by atoms with E-state index in [-0.39, 0.29) is 0 Å². The Morgan fingerprint density at radius 3 is 2.92 bits per heavy atom. The molecule has 0 bridgehead atoms. The monoisotopic (exact) mass is 221 g/mol. The van der Waals surface area contributed by atoms with E-state index in [0.717, 1.165) is 9.99 Å². The Balaban J connectivity index is 2.86. The number of rotatable bonds is 0. The number of nitrogens with zero attached hydrogens (tertiary/aromatic N) is 1. The number of pyridine rings is 1. The number of fused-ring (bicyclic) bond motifs is 1. The van der Waals surface area contributed by atoms with Gasteiger partial charge in [0.1, 0.15) is 0 Å². The molecule has 12 heavy (non-hydrogen) atoms. The Hall–Kier alpha value is -0.890. The Labute approximate surface area is 79.6 Å². The van der Waals surface area contributed by atoms with E-state index in [1.165, 1.54) is 10.9 Å². The van der Waals surface area contributed by atoms with Crippen LogP contribution in [-0.4, -0.2) is 4.98 Å². The highest BCUT2D eigenvalue weighted by molar-refractivity contribution is 9.10. The summed E-state index contributed by atoms with van der Waals surface area (Å²) in [6, 6.07) is 8.22. The van der Waals surface area contributed by atoms with Crippen LogP contribution in [0.5, 0.6) is 0 Å². The molecule has 1 nitrogen and oxygen atoms in total. The van der Waals surface area contributed by atoms with Gasteiger partial charge in [0.15, 0.2) is 0 Å². The molecule has 1 aromatic heterocycles. The van der Waals surface area contributed by atoms with Gasteiger partial charge in [-0.1, -0.05) is 28.1 Å². The topological polar surface area (TPSA) is 12.9 Å². The lowest BCUT2D eigenvalue weighted by Gasteiger charge is -1.99. The molecule has 0 aliphatic heterocycles. The zero-order valence-corrected chi connectivity index (χ0v) is 8.30. The first-order chi connectivity index (χ1) is 5.77. The molecule has 0 spiro atoms. The number of benzene rings is 1. The summed E-state index contributed by atoms with van der Waals surface area (Å²) in [5.74, 6) is 0. The number of hydrogen-bond donors (Lipinski definition) is 0. The number of aryl methyl sites for hydroxylation is 1. The molecule has 0 aliphatic carbocycles. The largest absolute Gasteiger partial charge is 0.256 e. The predicted octanol–water partition coefficient (Wildman–Crippen LogP) is 3.31. The summed E-state index contributed by atoms with van der Waals surface area (Å²) in [6.45, 7) is 2.07. The van der Waals surface area contributed by atoms with Gasteiger partial charge in [0.05, 0.1) is 5.52 Å². The summed E-state index contributed by atoms with van der Waals surface area (Å²) in [7, 11) is 0. The summed E-state index contributed by atoms with van der Waals surface area (Å²) in [5, 5.41) is 1.17. The van der Waals surface area contributed by atoms with E-state index >= 15 is 0 Å². The maximum atomic E-state index is 4.27. The van der Waals surface area contributed by atoms with Crippen molar-refractivity contribution in [1.29, 1.82) is 0 Å². The highest BCUT2D eigenvalue weighted by Gasteiger charge is 1.97. The van der Waals surface area contributed by atoms with Gasteiger partial charge in [-0.25, -0.2) is 0 Å². The molecular formula is C10H8BrN. The average Bonchev–Trinajstić information content (AvgIpc) is 2.04. The van der Waals surface area contributed by atoms with Crippen molar-refractivity contribution < 1.29 is 0 Å². The van der Waals surface area contributed by atoms with Crippen molar-refractivity contribution in [2.75, 3.05) is 0 Å². The van der Waals surface area contributed by atoms with Crippen LogP contribution in [0.4, 0.5) is 0 Å². The number of halogens is 1. The lowest BCUT2D eigenvalue weighted by Crippen LogP contribution is -1.80. The molecule has 60 valence electrons. The highest BCUT2D eigenvalue weighted by atomic mass is 79.9. The normalized spacial score (nSPS) is 10.5. The molecule has 2 heteroatoms. The van der Waals surface area contributed by atoms with Crippen LogP contribution in [0.1, 0.15) is 5.56 Å². The van der Waals surface area contributed by atoms with E-state index in [9.17, 15) is 0 Å². The molecular weight excluding hydrogens is 214 g/mol. The van der Waals surface area contributed by atoms with Crippen LogP contribution in [0.3, 0.4) is 0 Å². The van der Waals surface area contributed by atoms with Gasteiger partial charge in [-0.15, -0.1) is 0 Å². The maximum absolute atomic E-state index is 4.27. The molecule has 0 N–H and O–H groups in total. The second-order valence-corrected chi connectivity index (χ2v) is 3.67.